The van der Waals surface area contributed by atoms with E-state index in [1.807, 2.05) is 55.5 Å². The van der Waals surface area contributed by atoms with Crippen molar-refractivity contribution in [3.05, 3.63) is 95.7 Å². The molecule has 0 aliphatic carbocycles. The number of hydrogen-bond acceptors (Lipinski definition) is 4. The highest BCUT2D eigenvalue weighted by atomic mass is 19.1. The maximum absolute atomic E-state index is 13.4. The predicted molar refractivity (Wildman–Crippen MR) is 128 cm³/mol. The summed E-state index contributed by atoms with van der Waals surface area (Å²) in [5, 5.41) is 1.07. The molecule has 2 amide bonds. The summed E-state index contributed by atoms with van der Waals surface area (Å²) in [5.41, 5.74) is 4.69. The largest absolute Gasteiger partial charge is 0.335 e. The molecule has 1 saturated heterocycles. The minimum absolute atomic E-state index is 0.0679. The van der Waals surface area contributed by atoms with Gasteiger partial charge < -0.3 is 9.80 Å². The van der Waals surface area contributed by atoms with E-state index in [1.165, 1.54) is 12.3 Å². The molecule has 1 aliphatic heterocycles. The Hall–Kier alpha value is -4.13. The van der Waals surface area contributed by atoms with Crippen molar-refractivity contribution in [2.45, 2.75) is 6.92 Å². The number of amides is 2. The van der Waals surface area contributed by atoms with Gasteiger partial charge >= 0.3 is 0 Å². The molecule has 1 aliphatic rings. The van der Waals surface area contributed by atoms with Crippen LogP contribution in [-0.2, 0) is 0 Å². The quantitative estimate of drug-likeness (QED) is 0.462. The van der Waals surface area contributed by atoms with Crippen LogP contribution >= 0.6 is 0 Å². The van der Waals surface area contributed by atoms with Crippen molar-refractivity contribution < 1.29 is 14.0 Å². The number of fused-ring (bicyclic) bond motifs is 1. The van der Waals surface area contributed by atoms with Gasteiger partial charge in [-0.3, -0.25) is 19.6 Å². The average molecular weight is 455 g/mol. The lowest BCUT2D eigenvalue weighted by atomic mass is 9.96. The Morgan fingerprint density at radius 2 is 1.53 bits per heavy atom. The van der Waals surface area contributed by atoms with E-state index in [1.54, 1.807) is 16.0 Å². The highest BCUT2D eigenvalue weighted by molar-refractivity contribution is 5.98. The average Bonchev–Trinajstić information content (AvgIpc) is 2.87. The molecule has 7 heteroatoms. The SMILES string of the molecule is Cc1cc(C(=O)N2CCN(C(=O)c3cc(F)ccn3)CC2)ccc1-c1cccc2cccnc12. The van der Waals surface area contributed by atoms with E-state index in [-0.39, 0.29) is 17.5 Å². The van der Waals surface area contributed by atoms with Crippen molar-refractivity contribution in [1.82, 2.24) is 19.8 Å². The number of aryl methyl sites for hydroxylation is 1. The number of rotatable bonds is 3. The summed E-state index contributed by atoms with van der Waals surface area (Å²) in [6, 6.07) is 18.1. The molecule has 170 valence electrons. The third kappa shape index (κ3) is 4.12. The molecule has 3 heterocycles. The van der Waals surface area contributed by atoms with Gasteiger partial charge in [-0.05, 0) is 42.3 Å². The molecule has 0 atom stereocenters. The van der Waals surface area contributed by atoms with Gasteiger partial charge in [0.25, 0.3) is 11.8 Å². The fourth-order valence-corrected chi connectivity index (χ4v) is 4.40. The zero-order valence-electron chi connectivity index (χ0n) is 18.7. The van der Waals surface area contributed by atoms with Crippen LogP contribution in [-0.4, -0.2) is 57.8 Å². The second-order valence-corrected chi connectivity index (χ2v) is 8.35. The molecular weight excluding hydrogens is 431 g/mol. The monoisotopic (exact) mass is 454 g/mol. The lowest BCUT2D eigenvalue weighted by Crippen LogP contribution is -2.50. The van der Waals surface area contributed by atoms with Gasteiger partial charge in [-0.15, -0.1) is 0 Å². The second-order valence-electron chi connectivity index (χ2n) is 8.35. The molecule has 5 rings (SSSR count). The maximum atomic E-state index is 13.4. The first-order chi connectivity index (χ1) is 16.5. The van der Waals surface area contributed by atoms with E-state index in [0.717, 1.165) is 33.7 Å². The first-order valence-corrected chi connectivity index (χ1v) is 11.2. The number of pyridine rings is 2. The van der Waals surface area contributed by atoms with Crippen molar-refractivity contribution in [2.24, 2.45) is 0 Å². The van der Waals surface area contributed by atoms with Gasteiger partial charge in [-0.2, -0.15) is 0 Å². The van der Waals surface area contributed by atoms with Crippen LogP contribution in [0.25, 0.3) is 22.0 Å². The van der Waals surface area contributed by atoms with Crippen LogP contribution in [0.3, 0.4) is 0 Å². The minimum atomic E-state index is -0.495. The molecule has 0 unspecified atom stereocenters. The molecule has 6 nitrogen and oxygen atoms in total. The summed E-state index contributed by atoms with van der Waals surface area (Å²) in [5.74, 6) is -0.887. The Bertz CT molecular complexity index is 1390. The number of carbonyl (C=O) groups is 2. The van der Waals surface area contributed by atoms with E-state index in [4.69, 9.17) is 0 Å². The molecule has 2 aromatic carbocycles. The summed E-state index contributed by atoms with van der Waals surface area (Å²) in [6.07, 6.45) is 3.07. The van der Waals surface area contributed by atoms with Crippen molar-refractivity contribution in [1.29, 1.82) is 0 Å². The third-order valence-corrected chi connectivity index (χ3v) is 6.19. The van der Waals surface area contributed by atoms with Crippen LogP contribution in [0.15, 0.2) is 73.1 Å². The number of carbonyl (C=O) groups excluding carboxylic acids is 2. The fraction of sp³-hybridized carbons (Fsp3) is 0.185. The second kappa shape index (κ2) is 9.02. The lowest BCUT2D eigenvalue weighted by molar-refractivity contribution is 0.0532. The summed E-state index contributed by atoms with van der Waals surface area (Å²) < 4.78 is 13.4. The number of halogens is 1. The van der Waals surface area contributed by atoms with Gasteiger partial charge in [0.05, 0.1) is 5.52 Å². The normalized spacial score (nSPS) is 13.8. The van der Waals surface area contributed by atoms with Crippen molar-refractivity contribution in [3.8, 4) is 11.1 Å². The molecule has 0 bridgehead atoms. The van der Waals surface area contributed by atoms with Crippen LogP contribution in [0.1, 0.15) is 26.4 Å². The molecule has 0 spiro atoms. The van der Waals surface area contributed by atoms with E-state index in [9.17, 15) is 14.0 Å². The molecular formula is C27H23FN4O2. The number of hydrogen-bond donors (Lipinski definition) is 0. The maximum Gasteiger partial charge on any atom is 0.272 e. The number of aromatic nitrogens is 2. The van der Waals surface area contributed by atoms with Gasteiger partial charge in [0.15, 0.2) is 0 Å². The number of benzene rings is 2. The van der Waals surface area contributed by atoms with E-state index in [2.05, 4.69) is 9.97 Å². The number of nitrogens with zero attached hydrogens (tertiary/aromatic N) is 4. The van der Waals surface area contributed by atoms with E-state index in [0.29, 0.717) is 31.7 Å². The Labute approximate surface area is 196 Å². The van der Waals surface area contributed by atoms with Crippen LogP contribution < -0.4 is 0 Å². The van der Waals surface area contributed by atoms with Gasteiger partial charge in [-0.1, -0.05) is 30.3 Å². The van der Waals surface area contributed by atoms with Crippen LogP contribution in [0.4, 0.5) is 4.39 Å². The van der Waals surface area contributed by atoms with Gasteiger partial charge in [0.1, 0.15) is 11.5 Å². The highest BCUT2D eigenvalue weighted by Crippen LogP contribution is 2.30. The zero-order chi connectivity index (χ0) is 23.7. The summed E-state index contributed by atoms with van der Waals surface area (Å²) in [6.45, 7) is 3.57. The van der Waals surface area contributed by atoms with Crippen molar-refractivity contribution in [3.63, 3.8) is 0 Å². The molecule has 4 aromatic rings. The Kier molecular flexibility index (Phi) is 5.76. The van der Waals surface area contributed by atoms with Crippen LogP contribution in [0, 0.1) is 12.7 Å². The van der Waals surface area contributed by atoms with Gasteiger partial charge in [0, 0.05) is 61.2 Å². The highest BCUT2D eigenvalue weighted by Gasteiger charge is 2.26. The Balaban J connectivity index is 1.30. The van der Waals surface area contributed by atoms with Crippen LogP contribution in [0.5, 0.6) is 0 Å². The Morgan fingerprint density at radius 1 is 0.794 bits per heavy atom. The molecule has 2 aromatic heterocycles. The zero-order valence-corrected chi connectivity index (χ0v) is 18.7. The smallest absolute Gasteiger partial charge is 0.272 e. The van der Waals surface area contributed by atoms with Gasteiger partial charge in [-0.25, -0.2) is 4.39 Å². The standard InChI is InChI=1S/C27H23FN4O2/c1-18-16-20(7-8-22(18)23-6-2-4-19-5-3-10-30-25(19)23)26(33)31-12-14-32(15-13-31)27(34)24-17-21(28)9-11-29-24/h2-11,16-17H,12-15H2,1H3. The number of piperazine rings is 1. The van der Waals surface area contributed by atoms with Crippen molar-refractivity contribution in [2.75, 3.05) is 26.2 Å². The molecule has 34 heavy (non-hydrogen) atoms. The predicted octanol–water partition coefficient (Wildman–Crippen LogP) is 4.34. The van der Waals surface area contributed by atoms with E-state index >= 15 is 0 Å². The minimum Gasteiger partial charge on any atom is -0.335 e. The van der Waals surface area contributed by atoms with E-state index < -0.39 is 5.82 Å². The van der Waals surface area contributed by atoms with Gasteiger partial charge in [0.2, 0.25) is 0 Å². The molecule has 1 fully saturated rings. The molecule has 0 N–H and O–H groups in total. The van der Waals surface area contributed by atoms with Crippen molar-refractivity contribution >= 4 is 22.7 Å². The summed E-state index contributed by atoms with van der Waals surface area (Å²) in [7, 11) is 0. The lowest BCUT2D eigenvalue weighted by Gasteiger charge is -2.34. The summed E-state index contributed by atoms with van der Waals surface area (Å²) >= 11 is 0. The number of para-hydroxylation sites is 1. The Morgan fingerprint density at radius 3 is 2.26 bits per heavy atom. The molecule has 0 saturated carbocycles. The fourth-order valence-electron chi connectivity index (χ4n) is 4.40. The first-order valence-electron chi connectivity index (χ1n) is 11.2. The topological polar surface area (TPSA) is 66.4 Å². The van der Waals surface area contributed by atoms with Crippen LogP contribution in [0.2, 0.25) is 0 Å². The molecule has 0 radical (unpaired) electrons. The first kappa shape index (κ1) is 21.7. The summed E-state index contributed by atoms with van der Waals surface area (Å²) in [4.78, 5) is 37.6. The third-order valence-electron chi connectivity index (χ3n) is 6.19.